The maximum absolute atomic E-state index is 4.30. The lowest BCUT2D eigenvalue weighted by molar-refractivity contribution is 0.473. The fourth-order valence-electron chi connectivity index (χ4n) is 1.42. The third kappa shape index (κ3) is 3.00. The van der Waals surface area contributed by atoms with Gasteiger partial charge in [-0.25, -0.2) is 0 Å². The first-order chi connectivity index (χ1) is 4.89. The summed E-state index contributed by atoms with van der Waals surface area (Å²) in [5.41, 5.74) is 0. The Labute approximate surface area is 63.5 Å². The van der Waals surface area contributed by atoms with Gasteiger partial charge in [0.25, 0.3) is 0 Å². The van der Waals surface area contributed by atoms with Crippen LogP contribution in [0.2, 0.25) is 0 Å². The quantitative estimate of drug-likeness (QED) is 0.489. The lowest BCUT2D eigenvalue weighted by Gasteiger charge is -2.06. The molecule has 0 aliphatic carbocycles. The third-order valence-corrected chi connectivity index (χ3v) is 2.14. The monoisotopic (exact) mass is 139 g/mol. The van der Waals surface area contributed by atoms with Crippen molar-refractivity contribution in [1.82, 2.24) is 0 Å². The van der Waals surface area contributed by atoms with Gasteiger partial charge in [-0.15, -0.1) is 0 Å². The van der Waals surface area contributed by atoms with E-state index >= 15 is 0 Å². The highest BCUT2D eigenvalue weighted by molar-refractivity contribution is 5.56. The molecule has 0 N–H and O–H groups in total. The van der Waals surface area contributed by atoms with Crippen molar-refractivity contribution in [2.24, 2.45) is 10.9 Å². The number of hydrogen-bond acceptors (Lipinski definition) is 1. The van der Waals surface area contributed by atoms with E-state index in [9.17, 15) is 0 Å². The van der Waals surface area contributed by atoms with Gasteiger partial charge in [0.05, 0.1) is 0 Å². The maximum Gasteiger partial charge on any atom is 0.0385 e. The molecule has 1 nitrogen and oxygen atoms in total. The largest absolute Gasteiger partial charge is 0.298 e. The molecule has 0 saturated heterocycles. The summed E-state index contributed by atoms with van der Waals surface area (Å²) in [7, 11) is 0. The first-order valence-corrected chi connectivity index (χ1v) is 4.38. The molecule has 0 aromatic rings. The molecule has 0 aromatic carbocycles. The summed E-state index contributed by atoms with van der Waals surface area (Å²) in [4.78, 5) is 4.30. The van der Waals surface area contributed by atoms with E-state index in [-0.39, 0.29) is 0 Å². The van der Waals surface area contributed by atoms with Crippen LogP contribution >= 0.6 is 0 Å². The van der Waals surface area contributed by atoms with E-state index in [1.54, 1.807) is 0 Å². The normalized spacial score (nSPS) is 28.7. The Balaban J connectivity index is 2.24. The highest BCUT2D eigenvalue weighted by Gasteiger charge is 2.01. The summed E-state index contributed by atoms with van der Waals surface area (Å²) in [6, 6.07) is 0. The van der Waals surface area contributed by atoms with E-state index in [4.69, 9.17) is 0 Å². The Morgan fingerprint density at radius 1 is 1.30 bits per heavy atom. The SMILES string of the molecule is CC1CCCC=NCCC1. The van der Waals surface area contributed by atoms with E-state index < -0.39 is 0 Å². The van der Waals surface area contributed by atoms with Crippen molar-refractivity contribution < 1.29 is 0 Å². The smallest absolute Gasteiger partial charge is 0.0385 e. The van der Waals surface area contributed by atoms with Crippen molar-refractivity contribution in [3.63, 3.8) is 0 Å². The zero-order chi connectivity index (χ0) is 7.23. The highest BCUT2D eigenvalue weighted by atomic mass is 14.7. The summed E-state index contributed by atoms with van der Waals surface area (Å²) in [6.07, 6.45) is 8.69. The average Bonchev–Trinajstić information content (AvgIpc) is 2.02. The minimum Gasteiger partial charge on any atom is -0.298 e. The first kappa shape index (κ1) is 7.77. The van der Waals surface area contributed by atoms with Crippen LogP contribution in [0.25, 0.3) is 0 Å². The van der Waals surface area contributed by atoms with Gasteiger partial charge in [-0.3, -0.25) is 4.99 Å². The van der Waals surface area contributed by atoms with Gasteiger partial charge in [0.2, 0.25) is 0 Å². The van der Waals surface area contributed by atoms with Gasteiger partial charge in [-0.1, -0.05) is 13.3 Å². The maximum atomic E-state index is 4.30. The van der Waals surface area contributed by atoms with E-state index in [1.807, 2.05) is 0 Å². The molecule has 1 unspecified atom stereocenters. The van der Waals surface area contributed by atoms with Crippen molar-refractivity contribution in [3.05, 3.63) is 0 Å². The second-order valence-electron chi connectivity index (χ2n) is 3.27. The molecule has 1 heterocycles. The van der Waals surface area contributed by atoms with E-state index in [1.165, 1.54) is 32.1 Å². The zero-order valence-electron chi connectivity index (χ0n) is 6.84. The van der Waals surface area contributed by atoms with Crippen molar-refractivity contribution in [3.8, 4) is 0 Å². The Bertz CT molecular complexity index is 95.3. The van der Waals surface area contributed by atoms with Crippen LogP contribution in [0, 0.1) is 5.92 Å². The fraction of sp³-hybridized carbons (Fsp3) is 0.889. The van der Waals surface area contributed by atoms with Crippen LogP contribution in [0.15, 0.2) is 4.99 Å². The molecule has 1 atom stereocenters. The van der Waals surface area contributed by atoms with Gasteiger partial charge in [0.1, 0.15) is 0 Å². The van der Waals surface area contributed by atoms with Crippen LogP contribution < -0.4 is 0 Å². The summed E-state index contributed by atoms with van der Waals surface area (Å²) in [6.45, 7) is 3.41. The zero-order valence-corrected chi connectivity index (χ0v) is 6.84. The molecule has 1 rings (SSSR count). The molecular formula is C9H17N. The topological polar surface area (TPSA) is 12.4 Å². The molecule has 0 fully saturated rings. The minimum atomic E-state index is 0.932. The third-order valence-electron chi connectivity index (χ3n) is 2.14. The van der Waals surface area contributed by atoms with Crippen LogP contribution in [0.1, 0.15) is 39.0 Å². The molecule has 0 bridgehead atoms. The number of hydrogen-bond donors (Lipinski definition) is 0. The molecule has 0 amide bonds. The van der Waals surface area contributed by atoms with Crippen LogP contribution in [0.5, 0.6) is 0 Å². The summed E-state index contributed by atoms with van der Waals surface area (Å²) >= 11 is 0. The number of rotatable bonds is 0. The molecule has 1 aliphatic heterocycles. The predicted molar refractivity (Wildman–Crippen MR) is 45.6 cm³/mol. The lowest BCUT2D eigenvalue weighted by atomic mass is 10.00. The predicted octanol–water partition coefficient (Wildman–Crippen LogP) is 2.66. The van der Waals surface area contributed by atoms with Crippen molar-refractivity contribution >= 4 is 6.21 Å². The lowest BCUT2D eigenvalue weighted by Crippen LogP contribution is -1.94. The first-order valence-electron chi connectivity index (χ1n) is 4.38. The van der Waals surface area contributed by atoms with E-state index in [0.717, 1.165) is 12.5 Å². The molecule has 10 heavy (non-hydrogen) atoms. The van der Waals surface area contributed by atoms with Gasteiger partial charge in [0.15, 0.2) is 0 Å². The van der Waals surface area contributed by atoms with Crippen molar-refractivity contribution in [2.75, 3.05) is 6.54 Å². The Morgan fingerprint density at radius 3 is 3.00 bits per heavy atom. The highest BCUT2D eigenvalue weighted by Crippen LogP contribution is 2.14. The second kappa shape index (κ2) is 4.48. The number of nitrogens with zero attached hydrogens (tertiary/aromatic N) is 1. The standard InChI is InChI=1S/C9H17N/c1-9-5-2-3-7-10-8-4-6-9/h7,9H,2-6,8H2,1H3. The Kier molecular flexibility index (Phi) is 3.48. The van der Waals surface area contributed by atoms with Gasteiger partial charge >= 0.3 is 0 Å². The van der Waals surface area contributed by atoms with E-state index in [0.29, 0.717) is 0 Å². The average molecular weight is 139 g/mol. The van der Waals surface area contributed by atoms with Crippen LogP contribution in [-0.4, -0.2) is 12.8 Å². The Hall–Kier alpha value is -0.330. The molecule has 0 radical (unpaired) electrons. The molecule has 0 saturated carbocycles. The van der Waals surface area contributed by atoms with Crippen LogP contribution in [0.4, 0.5) is 0 Å². The van der Waals surface area contributed by atoms with Crippen molar-refractivity contribution in [2.45, 2.75) is 39.0 Å². The van der Waals surface area contributed by atoms with Crippen molar-refractivity contribution in [1.29, 1.82) is 0 Å². The summed E-state index contributed by atoms with van der Waals surface area (Å²) in [5.74, 6) is 0.932. The molecule has 1 heteroatoms. The minimum absolute atomic E-state index is 0.932. The van der Waals surface area contributed by atoms with Crippen LogP contribution in [-0.2, 0) is 0 Å². The van der Waals surface area contributed by atoms with Gasteiger partial charge < -0.3 is 0 Å². The molecule has 1 aliphatic rings. The van der Waals surface area contributed by atoms with Gasteiger partial charge in [0, 0.05) is 6.54 Å². The van der Waals surface area contributed by atoms with E-state index in [2.05, 4.69) is 18.1 Å². The second-order valence-corrected chi connectivity index (χ2v) is 3.27. The van der Waals surface area contributed by atoms with Gasteiger partial charge in [-0.05, 0) is 37.8 Å². The summed E-state index contributed by atoms with van der Waals surface area (Å²) in [5, 5.41) is 0. The van der Waals surface area contributed by atoms with Gasteiger partial charge in [-0.2, -0.15) is 0 Å². The number of aliphatic imine (C=N–C) groups is 1. The van der Waals surface area contributed by atoms with Crippen LogP contribution in [0.3, 0.4) is 0 Å². The fourth-order valence-corrected chi connectivity index (χ4v) is 1.42. The molecule has 0 aromatic heterocycles. The summed E-state index contributed by atoms with van der Waals surface area (Å²) < 4.78 is 0. The molecule has 58 valence electrons. The Morgan fingerprint density at radius 2 is 2.10 bits per heavy atom. The molecule has 0 spiro atoms. The molecular weight excluding hydrogens is 122 g/mol.